The summed E-state index contributed by atoms with van der Waals surface area (Å²) in [6, 6.07) is 0.582. The lowest BCUT2D eigenvalue weighted by molar-refractivity contribution is -0.138. The van der Waals surface area contributed by atoms with Gasteiger partial charge in [-0.3, -0.25) is 9.69 Å². The molecule has 2 aliphatic rings. The standard InChI is InChI=1S/C14H25N3O3/c1-14(2,3)17(9-12(18)19)13(20)15-10-6-7-16(8-10)11-4-5-11/h10-11H,4-9H2,1-3H3,(H,15,20)(H,18,19). The van der Waals surface area contributed by atoms with Crippen LogP contribution in [0.15, 0.2) is 0 Å². The van der Waals surface area contributed by atoms with Crippen LogP contribution in [0, 0.1) is 0 Å². The molecule has 1 saturated carbocycles. The van der Waals surface area contributed by atoms with E-state index in [-0.39, 0.29) is 18.6 Å². The number of nitrogens with zero attached hydrogens (tertiary/aromatic N) is 2. The molecule has 0 spiro atoms. The molecule has 1 unspecified atom stereocenters. The largest absolute Gasteiger partial charge is 0.480 e. The monoisotopic (exact) mass is 283 g/mol. The number of nitrogens with one attached hydrogen (secondary N) is 1. The van der Waals surface area contributed by atoms with Crippen LogP contribution in [0.5, 0.6) is 0 Å². The van der Waals surface area contributed by atoms with Crippen molar-refractivity contribution >= 4 is 12.0 Å². The van der Waals surface area contributed by atoms with E-state index in [2.05, 4.69) is 10.2 Å². The Labute approximate surface area is 120 Å². The third-order valence-electron chi connectivity index (χ3n) is 3.96. The summed E-state index contributed by atoms with van der Waals surface area (Å²) in [5.41, 5.74) is -0.503. The van der Waals surface area contributed by atoms with Crippen LogP contribution in [-0.4, -0.2) is 64.2 Å². The second-order valence-corrected chi connectivity index (χ2v) is 6.81. The minimum absolute atomic E-state index is 0.141. The van der Waals surface area contributed by atoms with E-state index in [1.165, 1.54) is 17.7 Å². The molecule has 1 atom stereocenters. The Kier molecular flexibility index (Phi) is 4.22. The third kappa shape index (κ3) is 3.85. The van der Waals surface area contributed by atoms with Gasteiger partial charge in [0.1, 0.15) is 6.54 Å². The maximum Gasteiger partial charge on any atom is 0.323 e. The van der Waals surface area contributed by atoms with Gasteiger partial charge >= 0.3 is 12.0 Å². The van der Waals surface area contributed by atoms with Crippen molar-refractivity contribution in [2.45, 2.75) is 57.7 Å². The van der Waals surface area contributed by atoms with E-state index in [1.54, 1.807) is 0 Å². The van der Waals surface area contributed by atoms with Gasteiger partial charge in [0.05, 0.1) is 0 Å². The SMILES string of the molecule is CC(C)(C)N(CC(=O)O)C(=O)NC1CCN(C2CC2)C1. The second kappa shape index (κ2) is 5.60. The van der Waals surface area contributed by atoms with Crippen molar-refractivity contribution in [2.75, 3.05) is 19.6 Å². The van der Waals surface area contributed by atoms with E-state index in [1.807, 2.05) is 20.8 Å². The number of likely N-dealkylation sites (tertiary alicyclic amines) is 1. The number of carboxylic acid groups (broad SMARTS) is 1. The number of carbonyl (C=O) groups is 2. The zero-order valence-electron chi connectivity index (χ0n) is 12.6. The minimum Gasteiger partial charge on any atom is -0.480 e. The van der Waals surface area contributed by atoms with Crippen LogP contribution in [0.3, 0.4) is 0 Å². The summed E-state index contributed by atoms with van der Waals surface area (Å²) in [6.45, 7) is 7.20. The fourth-order valence-electron chi connectivity index (χ4n) is 2.68. The molecule has 20 heavy (non-hydrogen) atoms. The van der Waals surface area contributed by atoms with Gasteiger partial charge in [0, 0.05) is 30.7 Å². The Morgan fingerprint density at radius 1 is 1.30 bits per heavy atom. The molecule has 2 rings (SSSR count). The van der Waals surface area contributed by atoms with E-state index in [9.17, 15) is 9.59 Å². The maximum atomic E-state index is 12.3. The molecule has 2 N–H and O–H groups in total. The predicted octanol–water partition coefficient (Wildman–Crippen LogP) is 1.12. The van der Waals surface area contributed by atoms with Crippen molar-refractivity contribution in [3.8, 4) is 0 Å². The number of amides is 2. The summed E-state index contributed by atoms with van der Waals surface area (Å²) in [4.78, 5) is 27.0. The molecule has 1 aliphatic carbocycles. The number of carboxylic acids is 1. The van der Waals surface area contributed by atoms with Crippen LogP contribution in [0.4, 0.5) is 4.79 Å². The Morgan fingerprint density at radius 3 is 2.45 bits per heavy atom. The first-order valence-electron chi connectivity index (χ1n) is 7.31. The molecule has 0 bridgehead atoms. The van der Waals surface area contributed by atoms with Gasteiger partial charge in [0.25, 0.3) is 0 Å². The molecule has 1 aliphatic heterocycles. The fourth-order valence-corrected chi connectivity index (χ4v) is 2.68. The van der Waals surface area contributed by atoms with Crippen molar-refractivity contribution < 1.29 is 14.7 Å². The maximum absolute atomic E-state index is 12.3. The van der Waals surface area contributed by atoms with Gasteiger partial charge in [-0.2, -0.15) is 0 Å². The Bertz CT molecular complexity index is 388. The Morgan fingerprint density at radius 2 is 1.95 bits per heavy atom. The topological polar surface area (TPSA) is 72.9 Å². The average molecular weight is 283 g/mol. The minimum atomic E-state index is -0.985. The van der Waals surface area contributed by atoms with E-state index in [0.717, 1.165) is 25.6 Å². The first kappa shape index (κ1) is 15.1. The van der Waals surface area contributed by atoms with Crippen LogP contribution in [0.2, 0.25) is 0 Å². The molecule has 1 saturated heterocycles. The lowest BCUT2D eigenvalue weighted by Gasteiger charge is -2.35. The highest BCUT2D eigenvalue weighted by Crippen LogP contribution is 2.29. The summed E-state index contributed by atoms with van der Waals surface area (Å²) in [7, 11) is 0. The highest BCUT2D eigenvalue weighted by Gasteiger charge is 2.36. The van der Waals surface area contributed by atoms with Crippen molar-refractivity contribution in [2.24, 2.45) is 0 Å². The van der Waals surface area contributed by atoms with Crippen LogP contribution < -0.4 is 5.32 Å². The average Bonchev–Trinajstić information content (AvgIpc) is 3.06. The van der Waals surface area contributed by atoms with Crippen molar-refractivity contribution in [3.05, 3.63) is 0 Å². The molecular formula is C14H25N3O3. The molecule has 0 radical (unpaired) electrons. The van der Waals surface area contributed by atoms with Gasteiger partial charge in [-0.25, -0.2) is 4.79 Å². The van der Waals surface area contributed by atoms with Crippen LogP contribution in [0.25, 0.3) is 0 Å². The molecular weight excluding hydrogens is 258 g/mol. The van der Waals surface area contributed by atoms with E-state index in [4.69, 9.17) is 5.11 Å². The van der Waals surface area contributed by atoms with Gasteiger partial charge in [-0.15, -0.1) is 0 Å². The van der Waals surface area contributed by atoms with Gasteiger partial charge in [-0.1, -0.05) is 0 Å². The first-order valence-corrected chi connectivity index (χ1v) is 7.31. The fraction of sp³-hybridized carbons (Fsp3) is 0.857. The number of hydrogen-bond donors (Lipinski definition) is 2. The van der Waals surface area contributed by atoms with Crippen molar-refractivity contribution in [3.63, 3.8) is 0 Å². The number of rotatable bonds is 4. The van der Waals surface area contributed by atoms with Gasteiger partial charge in [-0.05, 0) is 40.0 Å². The van der Waals surface area contributed by atoms with Crippen molar-refractivity contribution in [1.82, 2.24) is 15.1 Å². The first-order chi connectivity index (χ1) is 9.27. The smallest absolute Gasteiger partial charge is 0.323 e. The van der Waals surface area contributed by atoms with Gasteiger partial charge in [0.15, 0.2) is 0 Å². The highest BCUT2D eigenvalue weighted by atomic mass is 16.4. The quantitative estimate of drug-likeness (QED) is 0.811. The van der Waals surface area contributed by atoms with E-state index < -0.39 is 11.5 Å². The molecule has 6 nitrogen and oxygen atoms in total. The zero-order valence-corrected chi connectivity index (χ0v) is 12.6. The molecule has 1 heterocycles. The number of urea groups is 1. The zero-order chi connectivity index (χ0) is 14.9. The normalized spacial score (nSPS) is 23.6. The summed E-state index contributed by atoms with van der Waals surface area (Å²) in [6.07, 6.45) is 3.49. The van der Waals surface area contributed by atoms with E-state index in [0.29, 0.717) is 0 Å². The molecule has 0 aromatic heterocycles. The lowest BCUT2D eigenvalue weighted by atomic mass is 10.1. The molecule has 0 aromatic rings. The van der Waals surface area contributed by atoms with Crippen LogP contribution >= 0.6 is 0 Å². The molecule has 114 valence electrons. The Balaban J connectivity index is 1.89. The molecule has 6 heteroatoms. The van der Waals surface area contributed by atoms with Crippen LogP contribution in [-0.2, 0) is 4.79 Å². The number of aliphatic carboxylic acids is 1. The summed E-state index contributed by atoms with van der Waals surface area (Å²) in [5.74, 6) is -0.985. The van der Waals surface area contributed by atoms with Gasteiger partial charge in [0.2, 0.25) is 0 Å². The molecule has 2 amide bonds. The van der Waals surface area contributed by atoms with Gasteiger partial charge < -0.3 is 15.3 Å². The third-order valence-corrected chi connectivity index (χ3v) is 3.96. The lowest BCUT2D eigenvalue weighted by Crippen LogP contribution is -2.54. The molecule has 0 aromatic carbocycles. The second-order valence-electron chi connectivity index (χ2n) is 6.81. The number of carbonyl (C=O) groups excluding carboxylic acids is 1. The summed E-state index contributed by atoms with van der Waals surface area (Å²) < 4.78 is 0. The highest BCUT2D eigenvalue weighted by molar-refractivity contribution is 5.81. The van der Waals surface area contributed by atoms with Crippen LogP contribution in [0.1, 0.15) is 40.0 Å². The predicted molar refractivity (Wildman–Crippen MR) is 75.6 cm³/mol. The summed E-state index contributed by atoms with van der Waals surface area (Å²) >= 11 is 0. The molecule has 2 fully saturated rings. The number of hydrogen-bond acceptors (Lipinski definition) is 3. The van der Waals surface area contributed by atoms with Crippen molar-refractivity contribution in [1.29, 1.82) is 0 Å². The van der Waals surface area contributed by atoms with E-state index >= 15 is 0 Å². The Hall–Kier alpha value is -1.30. The summed E-state index contributed by atoms with van der Waals surface area (Å²) in [5, 5.41) is 11.9.